The van der Waals surface area contributed by atoms with Gasteiger partial charge in [0.2, 0.25) is 5.43 Å². The Morgan fingerprint density at radius 3 is 2.12 bits per heavy atom. The molecule has 248 valence electrons. The van der Waals surface area contributed by atoms with E-state index in [1.165, 1.54) is 12.3 Å². The van der Waals surface area contributed by atoms with Crippen LogP contribution in [0, 0.1) is 11.6 Å². The maximum absolute atomic E-state index is 14.6. The van der Waals surface area contributed by atoms with Crippen LogP contribution in [0.15, 0.2) is 120 Å². The molecule has 0 saturated carbocycles. The van der Waals surface area contributed by atoms with E-state index in [0.29, 0.717) is 26.1 Å². The summed E-state index contributed by atoms with van der Waals surface area (Å²) in [4.78, 5) is 46.5. The molecule has 3 heterocycles. The number of aryl methyl sites for hydroxylation is 1. The monoisotopic (exact) mass is 659 g/mol. The Kier molecular flexibility index (Phi) is 9.17. The third-order valence-electron chi connectivity index (χ3n) is 9.32. The molecule has 0 aliphatic carbocycles. The second-order valence-corrected chi connectivity index (χ2v) is 12.6. The Hall–Kier alpha value is -5.41. The van der Waals surface area contributed by atoms with Crippen molar-refractivity contribution >= 4 is 11.7 Å². The fourth-order valence-electron chi connectivity index (χ4n) is 6.91. The van der Waals surface area contributed by atoms with Gasteiger partial charge in [-0.05, 0) is 41.2 Å². The summed E-state index contributed by atoms with van der Waals surface area (Å²) in [6.07, 6.45) is 1.55. The van der Waals surface area contributed by atoms with Crippen molar-refractivity contribution in [3.8, 4) is 5.75 Å². The van der Waals surface area contributed by atoms with E-state index < -0.39 is 22.8 Å². The van der Waals surface area contributed by atoms with Gasteiger partial charge in [-0.3, -0.25) is 19.3 Å². The molecular formula is C40H35F2N3O4. The van der Waals surface area contributed by atoms with E-state index in [-0.39, 0.29) is 60.1 Å². The molecule has 0 radical (unpaired) electrons. The molecule has 1 amide bonds. The van der Waals surface area contributed by atoms with Crippen molar-refractivity contribution in [2.45, 2.75) is 51.2 Å². The van der Waals surface area contributed by atoms with Gasteiger partial charge < -0.3 is 14.2 Å². The number of hydrogen-bond donors (Lipinski definition) is 0. The highest BCUT2D eigenvalue weighted by Gasteiger charge is 2.47. The van der Waals surface area contributed by atoms with Crippen LogP contribution >= 0.6 is 0 Å². The van der Waals surface area contributed by atoms with Gasteiger partial charge >= 0.3 is 0 Å². The molecule has 7 nitrogen and oxygen atoms in total. The van der Waals surface area contributed by atoms with E-state index in [9.17, 15) is 23.2 Å². The number of ketones is 1. The Morgan fingerprint density at radius 2 is 1.45 bits per heavy atom. The predicted molar refractivity (Wildman–Crippen MR) is 181 cm³/mol. The fraction of sp³-hybridized carbons (Fsp3) is 0.225. The number of Topliss-reactive ketones (excluding diaryl/α,β-unsaturated/α-hetero) is 1. The average Bonchev–Trinajstić information content (AvgIpc) is 3.44. The smallest absolute Gasteiger partial charge is 0.276 e. The first-order chi connectivity index (χ1) is 23.9. The molecule has 1 fully saturated rings. The summed E-state index contributed by atoms with van der Waals surface area (Å²) in [5.74, 6) is -2.49. The van der Waals surface area contributed by atoms with E-state index in [1.54, 1.807) is 4.57 Å². The highest BCUT2D eigenvalue weighted by atomic mass is 19.1. The molecule has 1 saturated heterocycles. The number of fused-ring (bicyclic) bond motifs is 2. The second-order valence-electron chi connectivity index (χ2n) is 12.6. The second kappa shape index (κ2) is 14.0. The number of rotatable bonds is 11. The van der Waals surface area contributed by atoms with Crippen LogP contribution in [0.5, 0.6) is 5.75 Å². The average molecular weight is 660 g/mol. The summed E-state index contributed by atoms with van der Waals surface area (Å²) >= 11 is 0. The summed E-state index contributed by atoms with van der Waals surface area (Å²) in [5, 5.41) is 0. The lowest BCUT2D eigenvalue weighted by molar-refractivity contribution is 0.0426. The van der Waals surface area contributed by atoms with Crippen molar-refractivity contribution < 1.29 is 23.1 Å². The summed E-state index contributed by atoms with van der Waals surface area (Å²) in [6.45, 7) is 1.57. The van der Waals surface area contributed by atoms with Crippen LogP contribution in [-0.4, -0.2) is 44.8 Å². The molecule has 0 unspecified atom stereocenters. The number of pyridine rings is 1. The summed E-state index contributed by atoms with van der Waals surface area (Å²) in [5.41, 5.74) is 2.47. The number of aromatic nitrogens is 1. The molecular weight excluding hydrogens is 624 g/mol. The van der Waals surface area contributed by atoms with Gasteiger partial charge in [-0.1, -0.05) is 97.1 Å². The van der Waals surface area contributed by atoms with Crippen molar-refractivity contribution in [2.75, 3.05) is 6.54 Å². The topological polar surface area (TPSA) is 71.8 Å². The SMILES string of the molecule is O=C(CCc1ccc(F)cc1F)c1cn2c(c(OCc3ccccc3)c1=O)C(=O)N1[C@@H](Cc3ccccc3)CN(Cc3ccccc3)[C@@H]1C2. The third kappa shape index (κ3) is 6.80. The lowest BCUT2D eigenvalue weighted by Gasteiger charge is -2.38. The molecule has 0 N–H and O–H groups in total. The lowest BCUT2D eigenvalue weighted by atomic mass is 10.0. The molecule has 9 heteroatoms. The summed E-state index contributed by atoms with van der Waals surface area (Å²) in [6, 6.07) is 32.4. The van der Waals surface area contributed by atoms with Crippen molar-refractivity contribution in [2.24, 2.45) is 0 Å². The van der Waals surface area contributed by atoms with E-state index in [0.717, 1.165) is 28.8 Å². The maximum Gasteiger partial charge on any atom is 0.276 e. The van der Waals surface area contributed by atoms with E-state index in [4.69, 9.17) is 4.74 Å². The zero-order valence-electron chi connectivity index (χ0n) is 26.8. The molecule has 2 aliphatic heterocycles. The molecule has 4 aromatic carbocycles. The Balaban J connectivity index is 1.27. The highest BCUT2D eigenvalue weighted by Crippen LogP contribution is 2.34. The van der Waals surface area contributed by atoms with Gasteiger partial charge in [0.15, 0.2) is 17.2 Å². The van der Waals surface area contributed by atoms with Crippen LogP contribution in [0.3, 0.4) is 0 Å². The zero-order valence-corrected chi connectivity index (χ0v) is 26.8. The Bertz CT molecular complexity index is 2040. The zero-order chi connectivity index (χ0) is 33.9. The van der Waals surface area contributed by atoms with Gasteiger partial charge in [0, 0.05) is 31.8 Å². The molecule has 7 rings (SSSR count). The lowest BCUT2D eigenvalue weighted by Crippen LogP contribution is -2.52. The number of ether oxygens (including phenoxy) is 1. The molecule has 49 heavy (non-hydrogen) atoms. The minimum absolute atomic E-state index is 0.0196. The molecule has 2 atom stereocenters. The first kappa shape index (κ1) is 32.2. The third-order valence-corrected chi connectivity index (χ3v) is 9.32. The molecule has 1 aromatic heterocycles. The van der Waals surface area contributed by atoms with Crippen LogP contribution in [0.2, 0.25) is 0 Å². The minimum Gasteiger partial charge on any atom is -0.483 e. The molecule has 5 aromatic rings. The van der Waals surface area contributed by atoms with Gasteiger partial charge in [0.25, 0.3) is 5.91 Å². The van der Waals surface area contributed by atoms with Gasteiger partial charge in [-0.2, -0.15) is 0 Å². The molecule has 0 spiro atoms. The van der Waals surface area contributed by atoms with Gasteiger partial charge in [0.1, 0.15) is 24.4 Å². The minimum atomic E-state index is -0.752. The summed E-state index contributed by atoms with van der Waals surface area (Å²) < 4.78 is 35.7. The van der Waals surface area contributed by atoms with Crippen molar-refractivity contribution in [1.29, 1.82) is 0 Å². The fourth-order valence-corrected chi connectivity index (χ4v) is 6.91. The van der Waals surface area contributed by atoms with E-state index in [2.05, 4.69) is 17.0 Å². The standard InChI is InChI=1S/C40H35F2N3O4/c41-31-18-16-30(34(42)21-31)17-19-35(46)33-24-44-25-36-43(22-28-12-6-2-7-13-28)23-32(20-27-10-4-1-5-11-27)45(36)40(48)37(44)39(38(33)47)49-26-29-14-8-3-9-15-29/h1-16,18,21,24,32,36H,17,19-20,22-23,25-26H2/t32-,36-/m0/s1. The first-order valence-corrected chi connectivity index (χ1v) is 16.4. The molecule has 0 bridgehead atoms. The quantitative estimate of drug-likeness (QED) is 0.153. The number of nitrogens with zero attached hydrogens (tertiary/aromatic N) is 3. The van der Waals surface area contributed by atoms with Crippen molar-refractivity contribution in [3.05, 3.63) is 171 Å². The number of halogens is 2. The maximum atomic E-state index is 14.6. The van der Waals surface area contributed by atoms with Crippen LogP contribution in [0.25, 0.3) is 0 Å². The van der Waals surface area contributed by atoms with Crippen LogP contribution in [-0.2, 0) is 32.5 Å². The number of carbonyl (C=O) groups excluding carboxylic acids is 2. The van der Waals surface area contributed by atoms with E-state index >= 15 is 0 Å². The first-order valence-electron chi connectivity index (χ1n) is 16.4. The van der Waals surface area contributed by atoms with Crippen molar-refractivity contribution in [3.63, 3.8) is 0 Å². The van der Waals surface area contributed by atoms with Gasteiger partial charge in [-0.25, -0.2) is 8.78 Å². The number of amides is 1. The van der Waals surface area contributed by atoms with Crippen LogP contribution < -0.4 is 10.2 Å². The van der Waals surface area contributed by atoms with Gasteiger partial charge in [-0.15, -0.1) is 0 Å². The van der Waals surface area contributed by atoms with Crippen LogP contribution in [0.1, 0.15) is 49.5 Å². The predicted octanol–water partition coefficient (Wildman–Crippen LogP) is 6.43. The number of carbonyl (C=O) groups is 2. The van der Waals surface area contributed by atoms with Crippen LogP contribution in [0.4, 0.5) is 8.78 Å². The highest BCUT2D eigenvalue weighted by molar-refractivity contribution is 6.00. The number of benzene rings is 4. The Labute approximate surface area is 283 Å². The number of hydrogen-bond acceptors (Lipinski definition) is 5. The van der Waals surface area contributed by atoms with E-state index in [1.807, 2.05) is 83.8 Å². The largest absolute Gasteiger partial charge is 0.483 e. The van der Waals surface area contributed by atoms with Gasteiger partial charge in [0.05, 0.1) is 18.2 Å². The van der Waals surface area contributed by atoms with Crippen molar-refractivity contribution in [1.82, 2.24) is 14.4 Å². The molecule has 2 aliphatic rings. The summed E-state index contributed by atoms with van der Waals surface area (Å²) in [7, 11) is 0. The Morgan fingerprint density at radius 1 is 0.796 bits per heavy atom. The normalized spacial score (nSPS) is 17.1.